The highest BCUT2D eigenvalue weighted by molar-refractivity contribution is 6.30. The average molecular weight is 224 g/mol. The molecule has 0 saturated heterocycles. The van der Waals surface area contributed by atoms with E-state index in [1.165, 1.54) is 24.8 Å². The highest BCUT2D eigenvalue weighted by Crippen LogP contribution is 2.38. The largest absolute Gasteiger partial charge is 0.324 e. The summed E-state index contributed by atoms with van der Waals surface area (Å²) in [5.41, 5.74) is 7.52. The minimum absolute atomic E-state index is 0.180. The fourth-order valence-electron chi connectivity index (χ4n) is 2.64. The third-order valence-corrected chi connectivity index (χ3v) is 3.90. The standard InChI is InChI=1S/C13H18ClN/c1-9-3-2-4-12(9)13(15)10-5-7-11(14)8-6-10/h5-9,12-13H,2-4,15H2,1H3. The number of rotatable bonds is 2. The third-order valence-electron chi connectivity index (χ3n) is 3.64. The molecule has 1 saturated carbocycles. The lowest BCUT2D eigenvalue weighted by Crippen LogP contribution is -2.23. The SMILES string of the molecule is CC1CCCC1C(N)c1ccc(Cl)cc1. The van der Waals surface area contributed by atoms with Crippen molar-refractivity contribution in [2.75, 3.05) is 0 Å². The van der Waals surface area contributed by atoms with Crippen LogP contribution in [-0.2, 0) is 0 Å². The lowest BCUT2D eigenvalue weighted by atomic mass is 9.87. The topological polar surface area (TPSA) is 26.0 Å². The molecule has 1 nitrogen and oxygen atoms in total. The zero-order valence-corrected chi connectivity index (χ0v) is 9.87. The number of benzene rings is 1. The number of halogens is 1. The van der Waals surface area contributed by atoms with E-state index in [2.05, 4.69) is 19.1 Å². The second-order valence-electron chi connectivity index (χ2n) is 4.65. The Kier molecular flexibility index (Phi) is 3.32. The predicted molar refractivity (Wildman–Crippen MR) is 64.9 cm³/mol. The summed E-state index contributed by atoms with van der Waals surface area (Å²) in [6.45, 7) is 2.31. The molecule has 1 aromatic rings. The molecule has 0 bridgehead atoms. The van der Waals surface area contributed by atoms with E-state index in [9.17, 15) is 0 Å². The number of hydrogen-bond donors (Lipinski definition) is 1. The molecule has 0 aromatic heterocycles. The van der Waals surface area contributed by atoms with Crippen LogP contribution >= 0.6 is 11.6 Å². The van der Waals surface area contributed by atoms with Crippen molar-refractivity contribution in [3.63, 3.8) is 0 Å². The average Bonchev–Trinajstić information content (AvgIpc) is 2.65. The summed E-state index contributed by atoms with van der Waals surface area (Å²) in [6.07, 6.45) is 3.92. The van der Waals surface area contributed by atoms with E-state index in [0.29, 0.717) is 5.92 Å². The molecular formula is C13H18ClN. The fraction of sp³-hybridized carbons (Fsp3) is 0.538. The molecule has 3 unspecified atom stereocenters. The smallest absolute Gasteiger partial charge is 0.0406 e. The molecule has 1 aromatic carbocycles. The Morgan fingerprint density at radius 3 is 2.47 bits per heavy atom. The maximum absolute atomic E-state index is 6.30. The van der Waals surface area contributed by atoms with Gasteiger partial charge in [-0.3, -0.25) is 0 Å². The van der Waals surface area contributed by atoms with Crippen molar-refractivity contribution < 1.29 is 0 Å². The van der Waals surface area contributed by atoms with Gasteiger partial charge < -0.3 is 5.73 Å². The van der Waals surface area contributed by atoms with Crippen molar-refractivity contribution >= 4 is 11.6 Å². The Morgan fingerprint density at radius 2 is 1.93 bits per heavy atom. The van der Waals surface area contributed by atoms with Crippen molar-refractivity contribution in [2.24, 2.45) is 17.6 Å². The maximum Gasteiger partial charge on any atom is 0.0406 e. The molecule has 82 valence electrons. The summed E-state index contributed by atoms with van der Waals surface area (Å²) in [7, 11) is 0. The first kappa shape index (κ1) is 11.0. The van der Waals surface area contributed by atoms with Gasteiger partial charge in [-0.1, -0.05) is 43.5 Å². The van der Waals surface area contributed by atoms with Gasteiger partial charge in [0, 0.05) is 11.1 Å². The van der Waals surface area contributed by atoms with Crippen LogP contribution < -0.4 is 5.73 Å². The van der Waals surface area contributed by atoms with Crippen LogP contribution in [0.2, 0.25) is 5.02 Å². The fourth-order valence-corrected chi connectivity index (χ4v) is 2.77. The van der Waals surface area contributed by atoms with Crippen molar-refractivity contribution in [1.82, 2.24) is 0 Å². The Bertz CT molecular complexity index is 320. The molecule has 0 amide bonds. The van der Waals surface area contributed by atoms with Crippen LogP contribution in [0.1, 0.15) is 37.8 Å². The van der Waals surface area contributed by atoms with Gasteiger partial charge in [-0.15, -0.1) is 0 Å². The van der Waals surface area contributed by atoms with Gasteiger partial charge in [0.1, 0.15) is 0 Å². The van der Waals surface area contributed by atoms with Crippen LogP contribution in [0.3, 0.4) is 0 Å². The minimum Gasteiger partial charge on any atom is -0.324 e. The molecule has 0 spiro atoms. The van der Waals surface area contributed by atoms with E-state index < -0.39 is 0 Å². The Balaban J connectivity index is 2.13. The molecular weight excluding hydrogens is 206 g/mol. The van der Waals surface area contributed by atoms with Crippen LogP contribution in [0.15, 0.2) is 24.3 Å². The summed E-state index contributed by atoms with van der Waals surface area (Å²) in [5.74, 6) is 1.40. The molecule has 3 atom stereocenters. The van der Waals surface area contributed by atoms with Gasteiger partial charge in [0.15, 0.2) is 0 Å². The first-order chi connectivity index (χ1) is 7.18. The normalized spacial score (nSPS) is 27.9. The minimum atomic E-state index is 0.180. The van der Waals surface area contributed by atoms with E-state index in [4.69, 9.17) is 17.3 Å². The lowest BCUT2D eigenvalue weighted by Gasteiger charge is -2.23. The van der Waals surface area contributed by atoms with Gasteiger partial charge >= 0.3 is 0 Å². The second kappa shape index (κ2) is 4.54. The molecule has 0 radical (unpaired) electrons. The van der Waals surface area contributed by atoms with Crippen LogP contribution in [-0.4, -0.2) is 0 Å². The predicted octanol–water partition coefficient (Wildman–Crippen LogP) is 3.78. The second-order valence-corrected chi connectivity index (χ2v) is 5.09. The van der Waals surface area contributed by atoms with E-state index in [0.717, 1.165) is 10.9 Å². The van der Waals surface area contributed by atoms with Crippen molar-refractivity contribution in [3.8, 4) is 0 Å². The van der Waals surface area contributed by atoms with Crippen molar-refractivity contribution in [1.29, 1.82) is 0 Å². The molecule has 15 heavy (non-hydrogen) atoms. The highest BCUT2D eigenvalue weighted by Gasteiger charge is 2.29. The summed E-state index contributed by atoms with van der Waals surface area (Å²) < 4.78 is 0. The van der Waals surface area contributed by atoms with Gasteiger partial charge in [-0.2, -0.15) is 0 Å². The van der Waals surface area contributed by atoms with Gasteiger partial charge in [-0.05, 0) is 36.0 Å². The van der Waals surface area contributed by atoms with Gasteiger partial charge in [0.25, 0.3) is 0 Å². The molecule has 2 heteroatoms. The van der Waals surface area contributed by atoms with E-state index in [-0.39, 0.29) is 6.04 Å². The lowest BCUT2D eigenvalue weighted by molar-refractivity contribution is 0.351. The zero-order valence-electron chi connectivity index (χ0n) is 9.12. The molecule has 1 aliphatic carbocycles. The van der Waals surface area contributed by atoms with Gasteiger partial charge in [0.2, 0.25) is 0 Å². The van der Waals surface area contributed by atoms with Crippen LogP contribution in [0.25, 0.3) is 0 Å². The summed E-state index contributed by atoms with van der Waals surface area (Å²) >= 11 is 5.86. The van der Waals surface area contributed by atoms with E-state index >= 15 is 0 Å². The maximum atomic E-state index is 6.30. The van der Waals surface area contributed by atoms with Crippen molar-refractivity contribution in [2.45, 2.75) is 32.2 Å². The van der Waals surface area contributed by atoms with Gasteiger partial charge in [-0.25, -0.2) is 0 Å². The number of nitrogens with two attached hydrogens (primary N) is 1. The Labute approximate surface area is 96.6 Å². The summed E-state index contributed by atoms with van der Waals surface area (Å²) in [6, 6.07) is 8.14. The first-order valence-corrected chi connectivity index (χ1v) is 6.07. The molecule has 1 fully saturated rings. The number of hydrogen-bond acceptors (Lipinski definition) is 1. The Morgan fingerprint density at radius 1 is 1.27 bits per heavy atom. The van der Waals surface area contributed by atoms with Crippen molar-refractivity contribution in [3.05, 3.63) is 34.9 Å². The summed E-state index contributed by atoms with van der Waals surface area (Å²) in [4.78, 5) is 0. The first-order valence-electron chi connectivity index (χ1n) is 5.69. The molecule has 0 aliphatic heterocycles. The monoisotopic (exact) mass is 223 g/mol. The van der Waals surface area contributed by atoms with Crippen LogP contribution in [0.5, 0.6) is 0 Å². The van der Waals surface area contributed by atoms with Crippen LogP contribution in [0.4, 0.5) is 0 Å². The third kappa shape index (κ3) is 2.35. The summed E-state index contributed by atoms with van der Waals surface area (Å²) in [5, 5.41) is 0.783. The molecule has 2 rings (SSSR count). The highest BCUT2D eigenvalue weighted by atomic mass is 35.5. The van der Waals surface area contributed by atoms with Crippen LogP contribution in [0, 0.1) is 11.8 Å². The van der Waals surface area contributed by atoms with Gasteiger partial charge in [0.05, 0.1) is 0 Å². The Hall–Kier alpha value is -0.530. The molecule has 0 heterocycles. The van der Waals surface area contributed by atoms with E-state index in [1.807, 2.05) is 12.1 Å². The molecule has 2 N–H and O–H groups in total. The van der Waals surface area contributed by atoms with E-state index in [1.54, 1.807) is 0 Å². The zero-order chi connectivity index (χ0) is 10.8. The quantitative estimate of drug-likeness (QED) is 0.812. The molecule has 1 aliphatic rings.